The molecule has 0 aliphatic heterocycles. The highest BCUT2D eigenvalue weighted by molar-refractivity contribution is 5.86. The summed E-state index contributed by atoms with van der Waals surface area (Å²) in [5.41, 5.74) is 1.24. The summed E-state index contributed by atoms with van der Waals surface area (Å²) in [6, 6.07) is 12.8. The summed E-state index contributed by atoms with van der Waals surface area (Å²) in [6.45, 7) is 1.94. The van der Waals surface area contributed by atoms with Crippen LogP contribution in [-0.2, 0) is 6.18 Å². The lowest BCUT2D eigenvalue weighted by Crippen LogP contribution is -2.08. The molecule has 1 N–H and O–H groups in total. The number of hydrogen-bond donors (Lipinski definition) is 1. The van der Waals surface area contributed by atoms with Crippen molar-refractivity contribution < 1.29 is 17.9 Å². The van der Waals surface area contributed by atoms with E-state index in [1.54, 1.807) is 18.2 Å². The number of aryl methyl sites for hydroxylation is 1. The van der Waals surface area contributed by atoms with Crippen LogP contribution in [-0.4, -0.2) is 12.1 Å². The molecule has 0 saturated carbocycles. The zero-order valence-corrected chi connectivity index (χ0v) is 13.1. The molecular formula is C18H15F3N2O. The molecule has 124 valence electrons. The molecular weight excluding hydrogens is 317 g/mol. The van der Waals surface area contributed by atoms with Crippen molar-refractivity contribution in [3.63, 3.8) is 0 Å². The summed E-state index contributed by atoms with van der Waals surface area (Å²) in [5, 5.41) is 2.93. The van der Waals surface area contributed by atoms with E-state index in [4.69, 9.17) is 4.74 Å². The van der Waals surface area contributed by atoms with Crippen molar-refractivity contribution >= 4 is 22.4 Å². The fourth-order valence-corrected chi connectivity index (χ4v) is 2.42. The second-order valence-electron chi connectivity index (χ2n) is 5.43. The Morgan fingerprint density at radius 2 is 1.71 bits per heavy atom. The maximum atomic E-state index is 13.4. The molecule has 0 saturated heterocycles. The van der Waals surface area contributed by atoms with Gasteiger partial charge in [-0.1, -0.05) is 17.7 Å². The van der Waals surface area contributed by atoms with Crippen LogP contribution in [0.1, 0.15) is 11.1 Å². The summed E-state index contributed by atoms with van der Waals surface area (Å²) < 4.78 is 45.3. The molecule has 0 radical (unpaired) electrons. The maximum absolute atomic E-state index is 13.4. The maximum Gasteiger partial charge on any atom is 0.417 e. The Balaban J connectivity index is 2.11. The number of alkyl halides is 3. The fraction of sp³-hybridized carbons (Fsp3) is 0.167. The lowest BCUT2D eigenvalue weighted by Gasteiger charge is -2.14. The fourth-order valence-electron chi connectivity index (χ4n) is 2.42. The number of halogens is 3. The second-order valence-corrected chi connectivity index (χ2v) is 5.43. The number of pyridine rings is 1. The minimum atomic E-state index is -4.49. The number of ether oxygens (including phenoxy) is 1. The Kier molecular flexibility index (Phi) is 4.05. The van der Waals surface area contributed by atoms with Crippen LogP contribution in [0.5, 0.6) is 5.75 Å². The zero-order chi connectivity index (χ0) is 17.3. The van der Waals surface area contributed by atoms with E-state index in [0.29, 0.717) is 11.4 Å². The normalized spacial score (nSPS) is 11.5. The second kappa shape index (κ2) is 6.03. The van der Waals surface area contributed by atoms with Gasteiger partial charge in [-0.15, -0.1) is 0 Å². The average Bonchev–Trinajstić information content (AvgIpc) is 2.55. The van der Waals surface area contributed by atoms with Crippen molar-refractivity contribution in [2.45, 2.75) is 13.1 Å². The van der Waals surface area contributed by atoms with Crippen LogP contribution in [0.2, 0.25) is 0 Å². The number of rotatable bonds is 3. The standard InChI is InChI=1S/C18H15F3N2O/c1-11-3-5-12(6-4-11)22-17-10-15(18(19,20)21)14-9-13(24-2)7-8-16(14)23-17/h3-10H,1-2H3,(H,22,23). The summed E-state index contributed by atoms with van der Waals surface area (Å²) in [6.07, 6.45) is -4.49. The Hall–Kier alpha value is -2.76. The van der Waals surface area contributed by atoms with E-state index < -0.39 is 11.7 Å². The molecule has 6 heteroatoms. The molecule has 24 heavy (non-hydrogen) atoms. The average molecular weight is 332 g/mol. The summed E-state index contributed by atoms with van der Waals surface area (Å²) in [5.74, 6) is 0.498. The number of hydrogen-bond acceptors (Lipinski definition) is 3. The number of methoxy groups -OCH3 is 1. The molecule has 0 spiro atoms. The van der Waals surface area contributed by atoms with Gasteiger partial charge < -0.3 is 10.1 Å². The van der Waals surface area contributed by atoms with Crippen LogP contribution in [0.4, 0.5) is 24.7 Å². The first-order valence-corrected chi connectivity index (χ1v) is 7.26. The van der Waals surface area contributed by atoms with E-state index in [9.17, 15) is 13.2 Å². The SMILES string of the molecule is COc1ccc2nc(Nc3ccc(C)cc3)cc(C(F)(F)F)c2c1. The van der Waals surface area contributed by atoms with E-state index >= 15 is 0 Å². The number of nitrogens with zero attached hydrogens (tertiary/aromatic N) is 1. The van der Waals surface area contributed by atoms with Crippen molar-refractivity contribution in [1.29, 1.82) is 0 Å². The molecule has 1 aromatic heterocycles. The van der Waals surface area contributed by atoms with Crippen molar-refractivity contribution in [3.8, 4) is 5.75 Å². The van der Waals surface area contributed by atoms with Crippen molar-refractivity contribution in [2.75, 3.05) is 12.4 Å². The third kappa shape index (κ3) is 3.27. The molecule has 0 bridgehead atoms. The highest BCUT2D eigenvalue weighted by atomic mass is 19.4. The first kappa shape index (κ1) is 16.1. The van der Waals surface area contributed by atoms with E-state index in [-0.39, 0.29) is 16.7 Å². The Labute approximate surface area is 137 Å². The molecule has 0 aliphatic rings. The van der Waals surface area contributed by atoms with E-state index in [1.165, 1.54) is 19.2 Å². The van der Waals surface area contributed by atoms with E-state index in [0.717, 1.165) is 11.6 Å². The highest BCUT2D eigenvalue weighted by Gasteiger charge is 2.33. The van der Waals surface area contributed by atoms with Gasteiger partial charge in [0.15, 0.2) is 0 Å². The van der Waals surface area contributed by atoms with Crippen LogP contribution in [0.15, 0.2) is 48.5 Å². The number of fused-ring (bicyclic) bond motifs is 1. The van der Waals surface area contributed by atoms with Crippen LogP contribution in [0.25, 0.3) is 10.9 Å². The predicted molar refractivity (Wildman–Crippen MR) is 87.8 cm³/mol. The molecule has 3 rings (SSSR count). The molecule has 1 heterocycles. The van der Waals surface area contributed by atoms with Gasteiger partial charge in [0.1, 0.15) is 11.6 Å². The predicted octanol–water partition coefficient (Wildman–Crippen LogP) is 5.31. The number of aromatic nitrogens is 1. The van der Waals surface area contributed by atoms with Gasteiger partial charge >= 0.3 is 6.18 Å². The smallest absolute Gasteiger partial charge is 0.417 e. The van der Waals surface area contributed by atoms with Crippen LogP contribution < -0.4 is 10.1 Å². The van der Waals surface area contributed by atoms with Crippen molar-refractivity contribution in [2.24, 2.45) is 0 Å². The monoisotopic (exact) mass is 332 g/mol. The van der Waals surface area contributed by atoms with E-state index in [2.05, 4.69) is 10.3 Å². The van der Waals surface area contributed by atoms with Gasteiger partial charge in [0, 0.05) is 11.1 Å². The van der Waals surface area contributed by atoms with Gasteiger partial charge in [0.25, 0.3) is 0 Å². The molecule has 2 aromatic carbocycles. The Morgan fingerprint density at radius 3 is 2.33 bits per heavy atom. The van der Waals surface area contributed by atoms with Crippen LogP contribution in [0, 0.1) is 6.92 Å². The van der Waals surface area contributed by atoms with Crippen molar-refractivity contribution in [3.05, 3.63) is 59.7 Å². The van der Waals surface area contributed by atoms with Gasteiger partial charge in [-0.3, -0.25) is 0 Å². The summed E-state index contributed by atoms with van der Waals surface area (Å²) in [4.78, 5) is 4.28. The lowest BCUT2D eigenvalue weighted by atomic mass is 10.1. The molecule has 0 unspecified atom stereocenters. The molecule has 0 aliphatic carbocycles. The Bertz CT molecular complexity index is 874. The third-order valence-electron chi connectivity index (χ3n) is 3.65. The van der Waals surface area contributed by atoms with Gasteiger partial charge in [-0.05, 0) is 43.3 Å². The molecule has 3 nitrogen and oxygen atoms in total. The third-order valence-corrected chi connectivity index (χ3v) is 3.65. The van der Waals surface area contributed by atoms with Gasteiger partial charge in [-0.2, -0.15) is 13.2 Å². The minimum Gasteiger partial charge on any atom is -0.497 e. The topological polar surface area (TPSA) is 34.1 Å². The molecule has 0 amide bonds. The molecule has 0 atom stereocenters. The number of nitrogens with one attached hydrogen (secondary N) is 1. The minimum absolute atomic E-state index is 0.0105. The van der Waals surface area contributed by atoms with Crippen molar-refractivity contribution in [1.82, 2.24) is 4.98 Å². The first-order chi connectivity index (χ1) is 11.4. The summed E-state index contributed by atoms with van der Waals surface area (Å²) in [7, 11) is 1.41. The molecule has 0 fully saturated rings. The zero-order valence-electron chi connectivity index (χ0n) is 13.1. The van der Waals surface area contributed by atoms with E-state index in [1.807, 2.05) is 19.1 Å². The number of anilines is 2. The molecule has 3 aromatic rings. The van der Waals surface area contributed by atoms with Gasteiger partial charge in [0.2, 0.25) is 0 Å². The largest absolute Gasteiger partial charge is 0.497 e. The quantitative estimate of drug-likeness (QED) is 0.705. The highest BCUT2D eigenvalue weighted by Crippen LogP contribution is 2.37. The first-order valence-electron chi connectivity index (χ1n) is 7.26. The van der Waals surface area contributed by atoms with Gasteiger partial charge in [0.05, 0.1) is 18.2 Å². The Morgan fingerprint density at radius 1 is 1.00 bits per heavy atom. The van der Waals surface area contributed by atoms with Gasteiger partial charge in [-0.25, -0.2) is 4.98 Å². The van der Waals surface area contributed by atoms with Crippen LogP contribution in [0.3, 0.4) is 0 Å². The number of benzene rings is 2. The van der Waals surface area contributed by atoms with Crippen LogP contribution >= 0.6 is 0 Å². The lowest BCUT2D eigenvalue weighted by molar-refractivity contribution is -0.136. The summed E-state index contributed by atoms with van der Waals surface area (Å²) >= 11 is 0.